The topological polar surface area (TPSA) is 56.5 Å². The highest BCUT2D eigenvalue weighted by Crippen LogP contribution is 2.31. The molecule has 3 rings (SSSR count). The van der Waals surface area contributed by atoms with Crippen LogP contribution in [0, 0.1) is 0 Å². The van der Waals surface area contributed by atoms with Crippen LogP contribution in [0.5, 0.6) is 0 Å². The molecule has 5 heteroatoms. The summed E-state index contributed by atoms with van der Waals surface area (Å²) in [4.78, 5) is 13.1. The van der Waals surface area contributed by atoms with E-state index in [9.17, 15) is 0 Å². The van der Waals surface area contributed by atoms with Gasteiger partial charge in [-0.3, -0.25) is 0 Å². The molecule has 1 fully saturated rings. The second-order valence-corrected chi connectivity index (χ2v) is 5.45. The van der Waals surface area contributed by atoms with Crippen LogP contribution in [0.15, 0.2) is 18.9 Å². The van der Waals surface area contributed by atoms with E-state index >= 15 is 0 Å². The number of hydrogen-bond acceptors (Lipinski definition) is 4. The van der Waals surface area contributed by atoms with Crippen LogP contribution >= 0.6 is 0 Å². The molecule has 1 saturated carbocycles. The molecule has 0 aromatic carbocycles. The first-order valence-corrected chi connectivity index (χ1v) is 7.59. The van der Waals surface area contributed by atoms with E-state index < -0.39 is 0 Å². The van der Waals surface area contributed by atoms with Gasteiger partial charge in [-0.05, 0) is 19.3 Å². The minimum absolute atomic E-state index is 0.482. The monoisotopic (exact) mass is 271 g/mol. The molecule has 0 atom stereocenters. The highest BCUT2D eigenvalue weighted by atomic mass is 15.3. The molecule has 0 spiro atoms. The maximum Gasteiger partial charge on any atom is 0.161 e. The summed E-state index contributed by atoms with van der Waals surface area (Å²) in [5, 5.41) is 4.47. The molecule has 2 heterocycles. The van der Waals surface area contributed by atoms with E-state index in [0.717, 1.165) is 29.9 Å². The van der Waals surface area contributed by atoms with Gasteiger partial charge in [-0.25, -0.2) is 19.6 Å². The lowest BCUT2D eigenvalue weighted by atomic mass is 9.95. The Labute approximate surface area is 119 Å². The Bertz CT molecular complexity index is 557. The first kappa shape index (κ1) is 13.2. The Kier molecular flexibility index (Phi) is 4.04. The predicted octanol–water partition coefficient (Wildman–Crippen LogP) is 3.19. The van der Waals surface area contributed by atoms with E-state index in [1.54, 1.807) is 12.7 Å². The largest absolute Gasteiger partial charge is 0.244 e. The molecule has 0 bridgehead atoms. The molecule has 2 aromatic heterocycles. The smallest absolute Gasteiger partial charge is 0.161 e. The van der Waals surface area contributed by atoms with Gasteiger partial charge in [0.25, 0.3) is 0 Å². The fourth-order valence-electron chi connectivity index (χ4n) is 3.01. The standard InChI is InChI=1S/C15H21N5/c1-2-6-14-13(9-16-10-17-14)15-18-11-19-20(15)12-7-4-3-5-8-12/h9-12H,2-8H2,1H3. The second-order valence-electron chi connectivity index (χ2n) is 5.45. The summed E-state index contributed by atoms with van der Waals surface area (Å²) < 4.78 is 2.09. The molecule has 1 aliphatic carbocycles. The molecule has 0 N–H and O–H groups in total. The predicted molar refractivity (Wildman–Crippen MR) is 77.2 cm³/mol. The molecule has 2 aromatic rings. The van der Waals surface area contributed by atoms with Gasteiger partial charge >= 0.3 is 0 Å². The van der Waals surface area contributed by atoms with E-state index in [-0.39, 0.29) is 0 Å². The fraction of sp³-hybridized carbons (Fsp3) is 0.600. The Balaban J connectivity index is 1.96. The number of aromatic nitrogens is 5. The van der Waals surface area contributed by atoms with E-state index in [0.29, 0.717) is 6.04 Å². The van der Waals surface area contributed by atoms with Crippen molar-refractivity contribution in [1.82, 2.24) is 24.7 Å². The molecule has 0 amide bonds. The van der Waals surface area contributed by atoms with Gasteiger partial charge in [-0.1, -0.05) is 32.6 Å². The Morgan fingerprint density at radius 1 is 1.15 bits per heavy atom. The van der Waals surface area contributed by atoms with Crippen molar-refractivity contribution in [3.63, 3.8) is 0 Å². The third kappa shape index (κ3) is 2.57. The van der Waals surface area contributed by atoms with Crippen LogP contribution in [0.2, 0.25) is 0 Å². The molecule has 106 valence electrons. The fourth-order valence-corrected chi connectivity index (χ4v) is 3.01. The van der Waals surface area contributed by atoms with Crippen LogP contribution in [0.4, 0.5) is 0 Å². The summed E-state index contributed by atoms with van der Waals surface area (Å²) in [6, 6.07) is 0.482. The van der Waals surface area contributed by atoms with E-state index in [1.807, 2.05) is 6.20 Å². The van der Waals surface area contributed by atoms with Gasteiger partial charge in [0.15, 0.2) is 5.82 Å². The van der Waals surface area contributed by atoms with Crippen molar-refractivity contribution >= 4 is 0 Å². The molecular weight excluding hydrogens is 250 g/mol. The van der Waals surface area contributed by atoms with Gasteiger partial charge in [0.1, 0.15) is 12.7 Å². The molecule has 1 aliphatic rings. The summed E-state index contributed by atoms with van der Waals surface area (Å²) in [7, 11) is 0. The lowest BCUT2D eigenvalue weighted by Gasteiger charge is -2.23. The van der Waals surface area contributed by atoms with Crippen molar-refractivity contribution in [2.75, 3.05) is 0 Å². The lowest BCUT2D eigenvalue weighted by molar-refractivity contribution is 0.331. The average Bonchev–Trinajstić information content (AvgIpc) is 2.98. The summed E-state index contributed by atoms with van der Waals surface area (Å²) in [6.45, 7) is 2.16. The van der Waals surface area contributed by atoms with Crippen molar-refractivity contribution in [3.05, 3.63) is 24.5 Å². The highest BCUT2D eigenvalue weighted by Gasteiger charge is 2.21. The van der Waals surface area contributed by atoms with Crippen LogP contribution in [0.3, 0.4) is 0 Å². The van der Waals surface area contributed by atoms with Crippen molar-refractivity contribution in [3.8, 4) is 11.4 Å². The van der Waals surface area contributed by atoms with Gasteiger partial charge in [0, 0.05) is 6.20 Å². The van der Waals surface area contributed by atoms with E-state index in [4.69, 9.17) is 0 Å². The first-order valence-electron chi connectivity index (χ1n) is 7.59. The second kappa shape index (κ2) is 6.11. The first-order chi connectivity index (χ1) is 9.90. The van der Waals surface area contributed by atoms with Gasteiger partial charge in [0.05, 0.1) is 17.3 Å². The van der Waals surface area contributed by atoms with Crippen molar-refractivity contribution < 1.29 is 0 Å². The molecule has 5 nitrogen and oxygen atoms in total. The van der Waals surface area contributed by atoms with Crippen molar-refractivity contribution in [2.45, 2.75) is 57.9 Å². The zero-order chi connectivity index (χ0) is 13.8. The van der Waals surface area contributed by atoms with E-state index in [2.05, 4.69) is 31.7 Å². The van der Waals surface area contributed by atoms with Crippen molar-refractivity contribution in [1.29, 1.82) is 0 Å². The highest BCUT2D eigenvalue weighted by molar-refractivity contribution is 5.56. The average molecular weight is 271 g/mol. The van der Waals surface area contributed by atoms with Gasteiger partial charge in [0.2, 0.25) is 0 Å². The number of rotatable bonds is 4. The van der Waals surface area contributed by atoms with Gasteiger partial charge in [-0.2, -0.15) is 5.10 Å². The Hall–Kier alpha value is -1.78. The minimum Gasteiger partial charge on any atom is -0.244 e. The number of nitrogens with zero attached hydrogens (tertiary/aromatic N) is 5. The van der Waals surface area contributed by atoms with E-state index in [1.165, 1.54) is 32.1 Å². The Morgan fingerprint density at radius 2 is 2.00 bits per heavy atom. The Morgan fingerprint density at radius 3 is 2.80 bits per heavy atom. The molecule has 0 aliphatic heterocycles. The number of aryl methyl sites for hydroxylation is 1. The summed E-state index contributed by atoms with van der Waals surface area (Å²) in [5.74, 6) is 0.931. The lowest BCUT2D eigenvalue weighted by Crippen LogP contribution is -2.16. The summed E-state index contributed by atoms with van der Waals surface area (Å²) >= 11 is 0. The molecule has 0 radical (unpaired) electrons. The third-order valence-electron chi connectivity index (χ3n) is 4.02. The molecule has 0 unspecified atom stereocenters. The maximum absolute atomic E-state index is 4.48. The zero-order valence-electron chi connectivity index (χ0n) is 12.0. The maximum atomic E-state index is 4.48. The minimum atomic E-state index is 0.482. The summed E-state index contributed by atoms with van der Waals surface area (Å²) in [6.07, 6.45) is 13.5. The normalized spacial score (nSPS) is 16.4. The van der Waals surface area contributed by atoms with Crippen LogP contribution < -0.4 is 0 Å². The number of hydrogen-bond donors (Lipinski definition) is 0. The van der Waals surface area contributed by atoms with Crippen LogP contribution in [0.1, 0.15) is 57.2 Å². The summed E-state index contributed by atoms with van der Waals surface area (Å²) in [5.41, 5.74) is 2.12. The SMILES string of the molecule is CCCc1ncncc1-c1ncnn1C1CCCCC1. The zero-order valence-corrected chi connectivity index (χ0v) is 12.0. The quantitative estimate of drug-likeness (QED) is 0.857. The van der Waals surface area contributed by atoms with Crippen molar-refractivity contribution in [2.24, 2.45) is 0 Å². The molecular formula is C15H21N5. The molecule has 0 saturated heterocycles. The molecule has 20 heavy (non-hydrogen) atoms. The van der Waals surface area contributed by atoms with Gasteiger partial charge < -0.3 is 0 Å². The van der Waals surface area contributed by atoms with Crippen LogP contribution in [-0.2, 0) is 6.42 Å². The van der Waals surface area contributed by atoms with Crippen LogP contribution in [0.25, 0.3) is 11.4 Å². The van der Waals surface area contributed by atoms with Gasteiger partial charge in [-0.15, -0.1) is 0 Å². The third-order valence-corrected chi connectivity index (χ3v) is 4.02. The van der Waals surface area contributed by atoms with Crippen LogP contribution in [-0.4, -0.2) is 24.7 Å².